The van der Waals surface area contributed by atoms with Crippen LogP contribution in [0.15, 0.2) is 0 Å². The molecule has 94 valence electrons. The Hall–Kier alpha value is -0.280. The van der Waals surface area contributed by atoms with Crippen molar-refractivity contribution >= 4 is 18.3 Å². The smallest absolute Gasteiger partial charge is 0.223 e. The Bertz CT molecular complexity index is 264. The van der Waals surface area contributed by atoms with Crippen molar-refractivity contribution in [2.45, 2.75) is 45.1 Å². The number of hydrogen-bond donors (Lipinski definition) is 2. The maximum absolute atomic E-state index is 12.0. The normalized spacial score (nSPS) is 25.2. The van der Waals surface area contributed by atoms with Gasteiger partial charge in [-0.15, -0.1) is 12.4 Å². The van der Waals surface area contributed by atoms with Crippen LogP contribution in [-0.4, -0.2) is 18.0 Å². The van der Waals surface area contributed by atoms with Crippen molar-refractivity contribution in [2.24, 2.45) is 23.5 Å². The average Bonchev–Trinajstić information content (AvgIpc) is 3.07. The third kappa shape index (κ3) is 2.89. The first-order valence-electron chi connectivity index (χ1n) is 6.09. The molecule has 2 fully saturated rings. The number of hydrogen-bond acceptors (Lipinski definition) is 2. The molecule has 16 heavy (non-hydrogen) atoms. The molecule has 2 aliphatic rings. The molecule has 0 bridgehead atoms. The van der Waals surface area contributed by atoms with E-state index in [2.05, 4.69) is 12.2 Å². The summed E-state index contributed by atoms with van der Waals surface area (Å²) in [7, 11) is 0. The molecule has 2 rings (SSSR count). The van der Waals surface area contributed by atoms with Crippen LogP contribution >= 0.6 is 12.4 Å². The number of amides is 1. The lowest BCUT2D eigenvalue weighted by atomic mass is 9.94. The number of rotatable bonds is 5. The highest BCUT2D eigenvalue weighted by atomic mass is 35.5. The van der Waals surface area contributed by atoms with Gasteiger partial charge in [0.25, 0.3) is 0 Å². The monoisotopic (exact) mass is 246 g/mol. The largest absolute Gasteiger partial charge is 0.349 e. The van der Waals surface area contributed by atoms with Gasteiger partial charge < -0.3 is 11.1 Å². The van der Waals surface area contributed by atoms with Gasteiger partial charge in [0.05, 0.1) is 5.54 Å². The van der Waals surface area contributed by atoms with Gasteiger partial charge in [0, 0.05) is 12.5 Å². The molecule has 2 saturated carbocycles. The van der Waals surface area contributed by atoms with Crippen LogP contribution < -0.4 is 11.1 Å². The molecule has 0 spiro atoms. The molecule has 0 heterocycles. The Balaban J connectivity index is 0.00000128. The van der Waals surface area contributed by atoms with Crippen LogP contribution in [0.5, 0.6) is 0 Å². The first-order chi connectivity index (χ1) is 7.07. The van der Waals surface area contributed by atoms with Gasteiger partial charge in [-0.25, -0.2) is 0 Å². The molecule has 0 aliphatic heterocycles. The van der Waals surface area contributed by atoms with E-state index in [4.69, 9.17) is 5.73 Å². The zero-order valence-corrected chi connectivity index (χ0v) is 11.0. The molecule has 0 radical (unpaired) electrons. The lowest BCUT2D eigenvalue weighted by Crippen LogP contribution is -2.54. The molecule has 3 N–H and O–H groups in total. The van der Waals surface area contributed by atoms with Crippen molar-refractivity contribution in [1.82, 2.24) is 5.32 Å². The molecule has 2 aliphatic carbocycles. The predicted octanol–water partition coefficient (Wildman–Crippen LogP) is 1.70. The van der Waals surface area contributed by atoms with Gasteiger partial charge in [0.1, 0.15) is 0 Å². The van der Waals surface area contributed by atoms with Crippen molar-refractivity contribution < 1.29 is 4.79 Å². The van der Waals surface area contributed by atoms with Crippen LogP contribution in [0, 0.1) is 17.8 Å². The Labute approximate surface area is 104 Å². The predicted molar refractivity (Wildman–Crippen MR) is 67.5 cm³/mol. The van der Waals surface area contributed by atoms with E-state index >= 15 is 0 Å². The zero-order chi connectivity index (χ0) is 11.1. The van der Waals surface area contributed by atoms with E-state index in [1.165, 1.54) is 25.7 Å². The second kappa shape index (κ2) is 4.92. The van der Waals surface area contributed by atoms with Crippen molar-refractivity contribution in [3.05, 3.63) is 0 Å². The third-order valence-corrected chi connectivity index (χ3v) is 4.05. The molecule has 4 heteroatoms. The standard InChI is InChI=1S/C12H22N2O.ClH/c1-8(9-3-4-9)11(15)14-12(2,7-13)10-5-6-10;/h8-10H,3-7,13H2,1-2H3,(H,14,15);1H. The van der Waals surface area contributed by atoms with Gasteiger partial charge >= 0.3 is 0 Å². The summed E-state index contributed by atoms with van der Waals surface area (Å²) >= 11 is 0. The summed E-state index contributed by atoms with van der Waals surface area (Å²) < 4.78 is 0. The molecular formula is C12H23ClN2O. The number of halogens is 1. The maximum atomic E-state index is 12.0. The lowest BCUT2D eigenvalue weighted by Gasteiger charge is -2.31. The average molecular weight is 247 g/mol. The Morgan fingerprint density at radius 1 is 1.44 bits per heavy atom. The molecule has 0 aromatic rings. The second-order valence-electron chi connectivity index (χ2n) is 5.51. The Kier molecular flexibility index (Phi) is 4.24. The highest BCUT2D eigenvalue weighted by molar-refractivity contribution is 5.85. The SMILES string of the molecule is CC(C(=O)NC(C)(CN)C1CC1)C1CC1.Cl. The van der Waals surface area contributed by atoms with Gasteiger partial charge in [-0.05, 0) is 44.4 Å². The zero-order valence-electron chi connectivity index (χ0n) is 10.2. The van der Waals surface area contributed by atoms with Gasteiger partial charge in [0.2, 0.25) is 5.91 Å². The third-order valence-electron chi connectivity index (χ3n) is 4.05. The molecule has 1 amide bonds. The molecule has 0 saturated heterocycles. The minimum absolute atomic E-state index is 0. The summed E-state index contributed by atoms with van der Waals surface area (Å²) in [5, 5.41) is 3.16. The summed E-state index contributed by atoms with van der Waals surface area (Å²) in [6.07, 6.45) is 4.87. The van der Waals surface area contributed by atoms with Gasteiger partial charge in [-0.2, -0.15) is 0 Å². The van der Waals surface area contributed by atoms with E-state index < -0.39 is 0 Å². The minimum Gasteiger partial charge on any atom is -0.349 e. The molecule has 0 aromatic carbocycles. The molecule has 3 nitrogen and oxygen atoms in total. The van der Waals surface area contributed by atoms with E-state index in [1.54, 1.807) is 0 Å². The fourth-order valence-electron chi connectivity index (χ4n) is 2.25. The summed E-state index contributed by atoms with van der Waals surface area (Å²) in [6.45, 7) is 4.68. The highest BCUT2D eigenvalue weighted by Gasteiger charge is 2.43. The van der Waals surface area contributed by atoms with E-state index in [1.807, 2.05) is 6.92 Å². The van der Waals surface area contributed by atoms with Gasteiger partial charge in [-0.1, -0.05) is 6.92 Å². The fraction of sp³-hybridized carbons (Fsp3) is 0.917. The van der Waals surface area contributed by atoms with Crippen LogP contribution in [0.25, 0.3) is 0 Å². The van der Waals surface area contributed by atoms with Gasteiger partial charge in [0.15, 0.2) is 0 Å². The lowest BCUT2D eigenvalue weighted by molar-refractivity contribution is -0.127. The number of nitrogens with two attached hydrogens (primary N) is 1. The number of carbonyl (C=O) groups is 1. The maximum Gasteiger partial charge on any atom is 0.223 e. The van der Waals surface area contributed by atoms with E-state index in [0.717, 1.165) is 0 Å². The van der Waals surface area contributed by atoms with E-state index in [0.29, 0.717) is 18.4 Å². The highest BCUT2D eigenvalue weighted by Crippen LogP contribution is 2.40. The molecule has 2 atom stereocenters. The van der Waals surface area contributed by atoms with Crippen LogP contribution in [0.1, 0.15) is 39.5 Å². The van der Waals surface area contributed by atoms with Crippen molar-refractivity contribution in [2.75, 3.05) is 6.54 Å². The summed E-state index contributed by atoms with van der Waals surface area (Å²) in [5.74, 6) is 1.62. The summed E-state index contributed by atoms with van der Waals surface area (Å²) in [6, 6.07) is 0. The van der Waals surface area contributed by atoms with Crippen molar-refractivity contribution in [3.8, 4) is 0 Å². The van der Waals surface area contributed by atoms with Crippen LogP contribution in [0.3, 0.4) is 0 Å². The first-order valence-corrected chi connectivity index (χ1v) is 6.09. The number of carbonyl (C=O) groups excluding carboxylic acids is 1. The fourth-order valence-corrected chi connectivity index (χ4v) is 2.25. The molecule has 0 aromatic heterocycles. The number of nitrogens with one attached hydrogen (secondary N) is 1. The summed E-state index contributed by atoms with van der Waals surface area (Å²) in [4.78, 5) is 12.0. The van der Waals surface area contributed by atoms with E-state index in [-0.39, 0.29) is 29.8 Å². The first kappa shape index (κ1) is 13.8. The quantitative estimate of drug-likeness (QED) is 0.776. The second-order valence-corrected chi connectivity index (χ2v) is 5.51. The van der Waals surface area contributed by atoms with Crippen LogP contribution in [-0.2, 0) is 4.79 Å². The Morgan fingerprint density at radius 2 is 2.00 bits per heavy atom. The topological polar surface area (TPSA) is 55.1 Å². The van der Waals surface area contributed by atoms with Crippen molar-refractivity contribution in [3.63, 3.8) is 0 Å². The molecule has 2 unspecified atom stereocenters. The summed E-state index contributed by atoms with van der Waals surface area (Å²) in [5.41, 5.74) is 5.62. The van der Waals surface area contributed by atoms with E-state index in [9.17, 15) is 4.79 Å². The minimum atomic E-state index is -0.153. The van der Waals surface area contributed by atoms with Crippen molar-refractivity contribution in [1.29, 1.82) is 0 Å². The van der Waals surface area contributed by atoms with Crippen LogP contribution in [0.4, 0.5) is 0 Å². The molecular weight excluding hydrogens is 224 g/mol. The van der Waals surface area contributed by atoms with Gasteiger partial charge in [-0.3, -0.25) is 4.79 Å². The van der Waals surface area contributed by atoms with Crippen LogP contribution in [0.2, 0.25) is 0 Å². The Morgan fingerprint density at radius 3 is 2.38 bits per heavy atom.